The summed E-state index contributed by atoms with van der Waals surface area (Å²) in [6.45, 7) is 7.59. The normalized spacial score (nSPS) is 16.2. The van der Waals surface area contributed by atoms with Gasteiger partial charge in [0.05, 0.1) is 12.0 Å². The summed E-state index contributed by atoms with van der Waals surface area (Å²) in [6.07, 6.45) is -0.200. The standard InChI is InChI=1S/C10H20O3/c1-6(2)5-8(10(12)13)9(11)7(3)4/h6-9,11H,5H2,1-4H3,(H,12,13)/t8-,9-/m1/s1. The molecule has 0 rings (SSSR count). The molecule has 0 saturated carbocycles. The quantitative estimate of drug-likeness (QED) is 0.691. The zero-order valence-corrected chi connectivity index (χ0v) is 8.82. The number of carboxylic acid groups (broad SMARTS) is 1. The second-order valence-electron chi connectivity index (χ2n) is 4.31. The van der Waals surface area contributed by atoms with Crippen molar-refractivity contribution in [3.8, 4) is 0 Å². The molecule has 0 aliphatic rings. The summed E-state index contributed by atoms with van der Waals surface area (Å²) in [4.78, 5) is 10.8. The van der Waals surface area contributed by atoms with E-state index in [0.717, 1.165) is 0 Å². The molecule has 13 heavy (non-hydrogen) atoms. The van der Waals surface area contributed by atoms with Crippen molar-refractivity contribution in [2.75, 3.05) is 0 Å². The van der Waals surface area contributed by atoms with Gasteiger partial charge < -0.3 is 10.2 Å². The van der Waals surface area contributed by atoms with Gasteiger partial charge in [-0.2, -0.15) is 0 Å². The SMILES string of the molecule is CC(C)C[C@@H](C(=O)O)[C@H](O)C(C)C. The van der Waals surface area contributed by atoms with Crippen molar-refractivity contribution in [1.29, 1.82) is 0 Å². The topological polar surface area (TPSA) is 57.5 Å². The highest BCUT2D eigenvalue weighted by Gasteiger charge is 2.29. The van der Waals surface area contributed by atoms with Gasteiger partial charge in [0.1, 0.15) is 0 Å². The summed E-state index contributed by atoms with van der Waals surface area (Å²) in [5, 5.41) is 18.5. The first kappa shape index (κ1) is 12.4. The highest BCUT2D eigenvalue weighted by atomic mass is 16.4. The molecule has 0 amide bonds. The van der Waals surface area contributed by atoms with Crippen LogP contribution in [0, 0.1) is 17.8 Å². The van der Waals surface area contributed by atoms with Gasteiger partial charge in [0.2, 0.25) is 0 Å². The highest BCUT2D eigenvalue weighted by molar-refractivity contribution is 5.70. The molecular formula is C10H20O3. The minimum atomic E-state index is -0.894. The Morgan fingerprint density at radius 2 is 1.69 bits per heavy atom. The van der Waals surface area contributed by atoms with Gasteiger partial charge in [0, 0.05) is 0 Å². The summed E-state index contributed by atoms with van der Waals surface area (Å²) >= 11 is 0. The fourth-order valence-electron chi connectivity index (χ4n) is 1.36. The molecule has 0 bridgehead atoms. The van der Waals surface area contributed by atoms with Gasteiger partial charge in [-0.3, -0.25) is 4.79 Å². The molecule has 2 N–H and O–H groups in total. The molecule has 0 saturated heterocycles. The maximum absolute atomic E-state index is 10.8. The monoisotopic (exact) mass is 188 g/mol. The van der Waals surface area contributed by atoms with Crippen molar-refractivity contribution in [2.24, 2.45) is 17.8 Å². The number of carboxylic acids is 1. The van der Waals surface area contributed by atoms with Gasteiger partial charge in [0.25, 0.3) is 0 Å². The predicted octanol–water partition coefficient (Wildman–Crippen LogP) is 1.75. The maximum atomic E-state index is 10.8. The van der Waals surface area contributed by atoms with Crippen LogP contribution < -0.4 is 0 Å². The highest BCUT2D eigenvalue weighted by Crippen LogP contribution is 2.20. The lowest BCUT2D eigenvalue weighted by Gasteiger charge is -2.23. The van der Waals surface area contributed by atoms with E-state index >= 15 is 0 Å². The fraction of sp³-hybridized carbons (Fsp3) is 0.900. The summed E-state index contributed by atoms with van der Waals surface area (Å²) in [6, 6.07) is 0. The van der Waals surface area contributed by atoms with Crippen LogP contribution in [-0.4, -0.2) is 22.3 Å². The van der Waals surface area contributed by atoms with Gasteiger partial charge in [-0.25, -0.2) is 0 Å². The van der Waals surface area contributed by atoms with E-state index in [-0.39, 0.29) is 5.92 Å². The van der Waals surface area contributed by atoms with Gasteiger partial charge in [-0.05, 0) is 18.3 Å². The van der Waals surface area contributed by atoms with Gasteiger partial charge in [0.15, 0.2) is 0 Å². The molecule has 0 aliphatic heterocycles. The summed E-state index contributed by atoms with van der Waals surface area (Å²) in [5.74, 6) is -1.22. The minimum absolute atomic E-state index is 0.000139. The maximum Gasteiger partial charge on any atom is 0.309 e. The second kappa shape index (κ2) is 5.22. The summed E-state index contributed by atoms with van der Waals surface area (Å²) in [5.41, 5.74) is 0. The van der Waals surface area contributed by atoms with E-state index in [1.54, 1.807) is 0 Å². The summed E-state index contributed by atoms with van der Waals surface area (Å²) in [7, 11) is 0. The number of hydrogen-bond acceptors (Lipinski definition) is 2. The third-order valence-corrected chi connectivity index (χ3v) is 2.14. The molecule has 0 aliphatic carbocycles. The Morgan fingerprint density at radius 3 is 1.92 bits per heavy atom. The molecule has 78 valence electrons. The Morgan fingerprint density at radius 1 is 1.23 bits per heavy atom. The largest absolute Gasteiger partial charge is 0.481 e. The van der Waals surface area contributed by atoms with Gasteiger partial charge in [-0.15, -0.1) is 0 Å². The van der Waals surface area contributed by atoms with Crippen molar-refractivity contribution >= 4 is 5.97 Å². The number of carbonyl (C=O) groups is 1. The van der Waals surface area contributed by atoms with Crippen molar-refractivity contribution < 1.29 is 15.0 Å². The zero-order valence-electron chi connectivity index (χ0n) is 8.82. The third-order valence-electron chi connectivity index (χ3n) is 2.14. The van der Waals surface area contributed by atoms with E-state index < -0.39 is 18.0 Å². The lowest BCUT2D eigenvalue weighted by Crippen LogP contribution is -2.33. The Balaban J connectivity index is 4.33. The molecule has 0 aromatic rings. The van der Waals surface area contributed by atoms with E-state index in [1.165, 1.54) is 0 Å². The summed E-state index contributed by atoms with van der Waals surface area (Å²) < 4.78 is 0. The first-order chi connectivity index (χ1) is 5.86. The van der Waals surface area contributed by atoms with E-state index in [4.69, 9.17) is 5.11 Å². The van der Waals surface area contributed by atoms with Crippen molar-refractivity contribution in [2.45, 2.75) is 40.2 Å². The van der Waals surface area contributed by atoms with Crippen molar-refractivity contribution in [3.05, 3.63) is 0 Å². The Kier molecular flexibility index (Phi) is 4.99. The first-order valence-corrected chi connectivity index (χ1v) is 4.77. The fourth-order valence-corrected chi connectivity index (χ4v) is 1.36. The molecule has 0 radical (unpaired) electrons. The van der Waals surface area contributed by atoms with Crippen LogP contribution in [0.4, 0.5) is 0 Å². The first-order valence-electron chi connectivity index (χ1n) is 4.77. The smallest absolute Gasteiger partial charge is 0.309 e. The Labute approximate surface area is 79.8 Å². The molecule has 0 spiro atoms. The van der Waals surface area contributed by atoms with Crippen LogP contribution in [0.3, 0.4) is 0 Å². The van der Waals surface area contributed by atoms with Crippen molar-refractivity contribution in [1.82, 2.24) is 0 Å². The second-order valence-corrected chi connectivity index (χ2v) is 4.31. The van der Waals surface area contributed by atoms with Gasteiger partial charge in [-0.1, -0.05) is 27.7 Å². The molecule has 0 aromatic heterocycles. The third kappa shape index (κ3) is 4.27. The molecule has 0 fully saturated rings. The van der Waals surface area contributed by atoms with Crippen LogP contribution in [0.1, 0.15) is 34.1 Å². The number of aliphatic hydroxyl groups is 1. The van der Waals surface area contributed by atoms with Gasteiger partial charge >= 0.3 is 5.97 Å². The molecule has 2 atom stereocenters. The lowest BCUT2D eigenvalue weighted by atomic mass is 9.87. The molecule has 0 unspecified atom stereocenters. The number of aliphatic hydroxyl groups excluding tert-OH is 1. The van der Waals surface area contributed by atoms with Crippen LogP contribution in [0.2, 0.25) is 0 Å². The van der Waals surface area contributed by atoms with Crippen LogP contribution in [-0.2, 0) is 4.79 Å². The molecular weight excluding hydrogens is 168 g/mol. The zero-order chi connectivity index (χ0) is 10.6. The lowest BCUT2D eigenvalue weighted by molar-refractivity contribution is -0.147. The Hall–Kier alpha value is -0.570. The van der Waals surface area contributed by atoms with E-state index in [0.29, 0.717) is 12.3 Å². The van der Waals surface area contributed by atoms with E-state index in [9.17, 15) is 9.90 Å². The Bertz CT molecular complexity index is 164. The molecule has 3 heteroatoms. The van der Waals surface area contributed by atoms with Crippen LogP contribution in [0.5, 0.6) is 0 Å². The number of hydrogen-bond donors (Lipinski definition) is 2. The van der Waals surface area contributed by atoms with Crippen LogP contribution in [0.15, 0.2) is 0 Å². The average Bonchev–Trinajstić information content (AvgIpc) is 1.97. The predicted molar refractivity (Wildman–Crippen MR) is 51.4 cm³/mol. The van der Waals surface area contributed by atoms with Crippen LogP contribution in [0.25, 0.3) is 0 Å². The molecule has 3 nitrogen and oxygen atoms in total. The van der Waals surface area contributed by atoms with Crippen molar-refractivity contribution in [3.63, 3.8) is 0 Å². The van der Waals surface area contributed by atoms with E-state index in [1.807, 2.05) is 27.7 Å². The van der Waals surface area contributed by atoms with Crippen LogP contribution >= 0.6 is 0 Å². The average molecular weight is 188 g/mol. The molecule has 0 aromatic carbocycles. The molecule has 0 heterocycles. The van der Waals surface area contributed by atoms with E-state index in [2.05, 4.69) is 0 Å². The number of aliphatic carboxylic acids is 1. The number of rotatable bonds is 5. The minimum Gasteiger partial charge on any atom is -0.481 e.